The highest BCUT2D eigenvalue weighted by atomic mass is 16.4. The third-order valence-corrected chi connectivity index (χ3v) is 3.66. The first-order valence-electron chi connectivity index (χ1n) is 7.24. The van der Waals surface area contributed by atoms with E-state index in [1.807, 2.05) is 0 Å². The van der Waals surface area contributed by atoms with Crippen molar-refractivity contribution in [2.75, 3.05) is 19.6 Å². The molecule has 0 saturated carbocycles. The highest BCUT2D eigenvalue weighted by Crippen LogP contribution is 2.20. The SMILES string of the molecule is O=C(O)CCC1CCCN(C(=O)NCCn2ccnn2)C1. The van der Waals surface area contributed by atoms with E-state index >= 15 is 0 Å². The van der Waals surface area contributed by atoms with Crippen molar-refractivity contribution in [3.63, 3.8) is 0 Å². The molecule has 116 valence electrons. The zero-order chi connectivity index (χ0) is 15.1. The predicted molar refractivity (Wildman–Crippen MR) is 74.6 cm³/mol. The van der Waals surface area contributed by atoms with Gasteiger partial charge in [0.1, 0.15) is 0 Å². The second-order valence-electron chi connectivity index (χ2n) is 5.28. The van der Waals surface area contributed by atoms with Crippen molar-refractivity contribution in [3.8, 4) is 0 Å². The number of carbonyl (C=O) groups is 2. The molecule has 8 heteroatoms. The van der Waals surface area contributed by atoms with Gasteiger partial charge in [-0.15, -0.1) is 5.10 Å². The van der Waals surface area contributed by atoms with Crippen LogP contribution in [0.2, 0.25) is 0 Å². The molecule has 0 spiro atoms. The highest BCUT2D eigenvalue weighted by Gasteiger charge is 2.23. The third kappa shape index (κ3) is 5.05. The Bertz CT molecular complexity index is 462. The number of carboxylic acid groups (broad SMARTS) is 1. The van der Waals surface area contributed by atoms with Gasteiger partial charge in [-0.25, -0.2) is 4.79 Å². The number of aromatic nitrogens is 3. The van der Waals surface area contributed by atoms with Gasteiger partial charge < -0.3 is 15.3 Å². The number of carboxylic acids is 1. The van der Waals surface area contributed by atoms with Crippen LogP contribution in [0.1, 0.15) is 25.7 Å². The van der Waals surface area contributed by atoms with E-state index in [1.54, 1.807) is 22.0 Å². The van der Waals surface area contributed by atoms with Gasteiger partial charge >= 0.3 is 12.0 Å². The van der Waals surface area contributed by atoms with Crippen molar-refractivity contribution in [2.24, 2.45) is 5.92 Å². The van der Waals surface area contributed by atoms with E-state index in [1.165, 1.54) is 0 Å². The highest BCUT2D eigenvalue weighted by molar-refractivity contribution is 5.74. The number of aliphatic carboxylic acids is 1. The molecular formula is C13H21N5O3. The zero-order valence-electron chi connectivity index (χ0n) is 11.9. The van der Waals surface area contributed by atoms with Gasteiger partial charge in [-0.2, -0.15) is 0 Å². The summed E-state index contributed by atoms with van der Waals surface area (Å²) in [5.74, 6) is -0.486. The van der Waals surface area contributed by atoms with Gasteiger partial charge in [-0.1, -0.05) is 5.21 Å². The van der Waals surface area contributed by atoms with Gasteiger partial charge in [0.2, 0.25) is 0 Å². The minimum atomic E-state index is -0.774. The van der Waals surface area contributed by atoms with Crippen LogP contribution in [0.5, 0.6) is 0 Å². The second kappa shape index (κ2) is 7.61. The lowest BCUT2D eigenvalue weighted by atomic mass is 9.93. The van der Waals surface area contributed by atoms with Crippen LogP contribution in [0.3, 0.4) is 0 Å². The van der Waals surface area contributed by atoms with Gasteiger partial charge in [-0.3, -0.25) is 9.48 Å². The Labute approximate surface area is 123 Å². The average molecular weight is 295 g/mol. The first-order valence-corrected chi connectivity index (χ1v) is 7.24. The fraction of sp³-hybridized carbons (Fsp3) is 0.692. The summed E-state index contributed by atoms with van der Waals surface area (Å²) in [4.78, 5) is 24.4. The molecule has 1 unspecified atom stereocenters. The Morgan fingerprint density at radius 2 is 2.29 bits per heavy atom. The summed E-state index contributed by atoms with van der Waals surface area (Å²) < 4.78 is 1.66. The van der Waals surface area contributed by atoms with Gasteiger partial charge in [0, 0.05) is 32.3 Å². The minimum absolute atomic E-state index is 0.0878. The maximum absolute atomic E-state index is 12.1. The van der Waals surface area contributed by atoms with E-state index in [2.05, 4.69) is 15.6 Å². The molecular weight excluding hydrogens is 274 g/mol. The summed E-state index contributed by atoms with van der Waals surface area (Å²) in [6.45, 7) is 2.46. The number of hydrogen-bond acceptors (Lipinski definition) is 4. The van der Waals surface area contributed by atoms with Crippen LogP contribution in [0, 0.1) is 5.92 Å². The molecule has 2 amide bonds. The molecule has 21 heavy (non-hydrogen) atoms. The van der Waals surface area contributed by atoms with Crippen molar-refractivity contribution < 1.29 is 14.7 Å². The van der Waals surface area contributed by atoms with Crippen LogP contribution < -0.4 is 5.32 Å². The smallest absolute Gasteiger partial charge is 0.317 e. The van der Waals surface area contributed by atoms with Gasteiger partial charge in [-0.05, 0) is 25.2 Å². The Morgan fingerprint density at radius 3 is 3.00 bits per heavy atom. The van der Waals surface area contributed by atoms with Crippen LogP contribution in [0.4, 0.5) is 4.79 Å². The van der Waals surface area contributed by atoms with Crippen LogP contribution in [-0.2, 0) is 11.3 Å². The molecule has 2 N–H and O–H groups in total. The maximum atomic E-state index is 12.1. The van der Waals surface area contributed by atoms with E-state index in [0.29, 0.717) is 26.1 Å². The van der Waals surface area contributed by atoms with Crippen molar-refractivity contribution >= 4 is 12.0 Å². The van der Waals surface area contributed by atoms with Crippen LogP contribution in [-0.4, -0.2) is 56.6 Å². The Hall–Kier alpha value is -2.12. The lowest BCUT2D eigenvalue weighted by Gasteiger charge is -2.32. The van der Waals surface area contributed by atoms with E-state index < -0.39 is 5.97 Å². The zero-order valence-corrected chi connectivity index (χ0v) is 11.9. The molecule has 1 fully saturated rings. The third-order valence-electron chi connectivity index (χ3n) is 3.66. The predicted octanol–water partition coefficient (Wildman–Crippen LogP) is 0.564. The first kappa shape index (κ1) is 15.3. The number of amides is 2. The van der Waals surface area contributed by atoms with Crippen molar-refractivity contribution in [1.82, 2.24) is 25.2 Å². The standard InChI is InChI=1S/C13H21N5O3/c19-12(20)4-3-11-2-1-7-17(10-11)13(21)14-5-8-18-9-6-15-16-18/h6,9,11H,1-5,7-8,10H2,(H,14,21)(H,19,20). The Morgan fingerprint density at radius 1 is 1.43 bits per heavy atom. The molecule has 2 heterocycles. The lowest BCUT2D eigenvalue weighted by molar-refractivity contribution is -0.137. The topological polar surface area (TPSA) is 100 Å². The quantitative estimate of drug-likeness (QED) is 0.799. The number of nitrogens with one attached hydrogen (secondary N) is 1. The van der Waals surface area contributed by atoms with Crippen molar-refractivity contribution in [3.05, 3.63) is 12.4 Å². The minimum Gasteiger partial charge on any atom is -0.481 e. The Balaban J connectivity index is 1.70. The summed E-state index contributed by atoms with van der Waals surface area (Å²) in [5, 5.41) is 19.1. The molecule has 2 rings (SSSR count). The molecule has 1 atom stereocenters. The molecule has 1 saturated heterocycles. The number of carbonyl (C=O) groups excluding carboxylic acids is 1. The molecule has 0 radical (unpaired) electrons. The number of urea groups is 1. The second-order valence-corrected chi connectivity index (χ2v) is 5.28. The average Bonchev–Trinajstić information content (AvgIpc) is 2.98. The van der Waals surface area contributed by atoms with E-state index in [4.69, 9.17) is 5.11 Å². The summed E-state index contributed by atoms with van der Waals surface area (Å²) in [6, 6.07) is -0.0878. The van der Waals surface area contributed by atoms with Gasteiger partial charge in [0.25, 0.3) is 0 Å². The van der Waals surface area contributed by atoms with Gasteiger partial charge in [0.05, 0.1) is 12.7 Å². The number of hydrogen-bond donors (Lipinski definition) is 2. The van der Waals surface area contributed by atoms with E-state index in [-0.39, 0.29) is 18.4 Å². The summed E-state index contributed by atoms with van der Waals surface area (Å²) in [6.07, 6.45) is 6.08. The largest absolute Gasteiger partial charge is 0.481 e. The monoisotopic (exact) mass is 295 g/mol. The normalized spacial score (nSPS) is 18.5. The molecule has 0 aliphatic carbocycles. The number of nitrogens with zero attached hydrogens (tertiary/aromatic N) is 4. The molecule has 1 aliphatic rings. The lowest BCUT2D eigenvalue weighted by Crippen LogP contribution is -2.46. The van der Waals surface area contributed by atoms with Crippen molar-refractivity contribution in [1.29, 1.82) is 0 Å². The summed E-state index contributed by atoms with van der Waals surface area (Å²) in [5.41, 5.74) is 0. The Kier molecular flexibility index (Phi) is 5.53. The van der Waals surface area contributed by atoms with Crippen LogP contribution in [0.25, 0.3) is 0 Å². The number of piperidine rings is 1. The van der Waals surface area contributed by atoms with Gasteiger partial charge in [0.15, 0.2) is 0 Å². The molecule has 0 aromatic carbocycles. The molecule has 1 aliphatic heterocycles. The van der Waals surface area contributed by atoms with E-state index in [0.717, 1.165) is 19.4 Å². The van der Waals surface area contributed by atoms with Crippen LogP contribution >= 0.6 is 0 Å². The fourth-order valence-electron chi connectivity index (χ4n) is 2.55. The maximum Gasteiger partial charge on any atom is 0.317 e. The van der Waals surface area contributed by atoms with Crippen LogP contribution in [0.15, 0.2) is 12.4 Å². The van der Waals surface area contributed by atoms with Crippen molar-refractivity contribution in [2.45, 2.75) is 32.2 Å². The summed E-state index contributed by atoms with van der Waals surface area (Å²) >= 11 is 0. The first-order chi connectivity index (χ1) is 10.1. The molecule has 0 bridgehead atoms. The molecule has 1 aromatic heterocycles. The molecule has 1 aromatic rings. The number of rotatable bonds is 6. The van der Waals surface area contributed by atoms with E-state index in [9.17, 15) is 9.59 Å². The summed E-state index contributed by atoms with van der Waals surface area (Å²) in [7, 11) is 0. The number of likely N-dealkylation sites (tertiary alicyclic amines) is 1. The fourth-order valence-corrected chi connectivity index (χ4v) is 2.55. The molecule has 8 nitrogen and oxygen atoms in total.